The summed E-state index contributed by atoms with van der Waals surface area (Å²) in [6.07, 6.45) is 1.17. The molecular weight excluding hydrogens is 222 g/mol. The molecule has 0 aliphatic carbocycles. The molecule has 1 atom stereocenters. The van der Waals surface area contributed by atoms with Crippen LogP contribution in [0.25, 0.3) is 11.3 Å². The van der Waals surface area contributed by atoms with E-state index in [4.69, 9.17) is 5.73 Å². The molecule has 1 unspecified atom stereocenters. The SMILES string of the molecule is CCC(C)c1ccc(-c2cc(CN)n(C)n2)cc1. The van der Waals surface area contributed by atoms with Gasteiger partial charge in [0, 0.05) is 19.2 Å². The van der Waals surface area contributed by atoms with Crippen LogP contribution in [0.2, 0.25) is 0 Å². The van der Waals surface area contributed by atoms with Crippen molar-refractivity contribution in [3.05, 3.63) is 41.6 Å². The van der Waals surface area contributed by atoms with Crippen LogP contribution in [0.5, 0.6) is 0 Å². The van der Waals surface area contributed by atoms with Gasteiger partial charge in [0.2, 0.25) is 0 Å². The van der Waals surface area contributed by atoms with Crippen LogP contribution in [-0.2, 0) is 13.6 Å². The Bertz CT molecular complexity index is 511. The summed E-state index contributed by atoms with van der Waals surface area (Å²) in [7, 11) is 1.93. The first kappa shape index (κ1) is 12.8. The topological polar surface area (TPSA) is 43.8 Å². The van der Waals surface area contributed by atoms with Crippen molar-refractivity contribution in [2.45, 2.75) is 32.7 Å². The maximum atomic E-state index is 5.66. The van der Waals surface area contributed by atoms with Gasteiger partial charge in [-0.25, -0.2) is 0 Å². The Morgan fingerprint density at radius 1 is 1.28 bits per heavy atom. The molecule has 0 aliphatic heterocycles. The van der Waals surface area contributed by atoms with Crippen LogP contribution in [0, 0.1) is 0 Å². The second-order valence-electron chi connectivity index (χ2n) is 4.78. The Labute approximate surface area is 109 Å². The molecule has 1 heterocycles. The zero-order valence-corrected chi connectivity index (χ0v) is 11.4. The lowest BCUT2D eigenvalue weighted by Gasteiger charge is -2.08. The Hall–Kier alpha value is -1.61. The normalized spacial score (nSPS) is 12.7. The van der Waals surface area contributed by atoms with Crippen molar-refractivity contribution < 1.29 is 0 Å². The maximum Gasteiger partial charge on any atom is 0.0926 e. The molecule has 0 radical (unpaired) electrons. The third-order valence-electron chi connectivity index (χ3n) is 3.57. The third-order valence-corrected chi connectivity index (χ3v) is 3.57. The molecule has 0 aliphatic rings. The van der Waals surface area contributed by atoms with Crippen molar-refractivity contribution in [1.82, 2.24) is 9.78 Å². The summed E-state index contributed by atoms with van der Waals surface area (Å²) in [6.45, 7) is 4.99. The predicted molar refractivity (Wildman–Crippen MR) is 75.2 cm³/mol. The van der Waals surface area contributed by atoms with Gasteiger partial charge in [-0.3, -0.25) is 4.68 Å². The quantitative estimate of drug-likeness (QED) is 0.897. The zero-order valence-electron chi connectivity index (χ0n) is 11.4. The highest BCUT2D eigenvalue weighted by Gasteiger charge is 2.07. The number of hydrogen-bond donors (Lipinski definition) is 1. The lowest BCUT2D eigenvalue weighted by molar-refractivity contribution is 0.714. The molecule has 3 heteroatoms. The number of aryl methyl sites for hydroxylation is 1. The van der Waals surface area contributed by atoms with E-state index in [1.807, 2.05) is 11.7 Å². The van der Waals surface area contributed by atoms with Crippen LogP contribution < -0.4 is 5.73 Å². The van der Waals surface area contributed by atoms with E-state index in [9.17, 15) is 0 Å². The molecule has 3 nitrogen and oxygen atoms in total. The molecular formula is C15H21N3. The molecule has 0 saturated carbocycles. The number of benzene rings is 1. The molecule has 0 bridgehead atoms. The number of rotatable bonds is 4. The van der Waals surface area contributed by atoms with Gasteiger partial charge in [-0.2, -0.15) is 5.10 Å². The van der Waals surface area contributed by atoms with E-state index in [2.05, 4.69) is 49.3 Å². The molecule has 2 aromatic rings. The summed E-state index contributed by atoms with van der Waals surface area (Å²) in [6, 6.07) is 10.7. The molecule has 2 rings (SSSR count). The fraction of sp³-hybridized carbons (Fsp3) is 0.400. The Balaban J connectivity index is 2.28. The van der Waals surface area contributed by atoms with E-state index in [0.717, 1.165) is 17.0 Å². The Morgan fingerprint density at radius 3 is 2.44 bits per heavy atom. The van der Waals surface area contributed by atoms with Crippen LogP contribution >= 0.6 is 0 Å². The second-order valence-corrected chi connectivity index (χ2v) is 4.78. The summed E-state index contributed by atoms with van der Waals surface area (Å²) < 4.78 is 1.85. The fourth-order valence-electron chi connectivity index (χ4n) is 2.06. The predicted octanol–water partition coefficient (Wildman–Crippen LogP) is 3.06. The molecule has 0 spiro atoms. The average Bonchev–Trinajstić information content (AvgIpc) is 2.79. The largest absolute Gasteiger partial charge is 0.325 e. The molecule has 1 aromatic heterocycles. The van der Waals surface area contributed by atoms with Gasteiger partial charge >= 0.3 is 0 Å². The highest BCUT2D eigenvalue weighted by atomic mass is 15.3. The van der Waals surface area contributed by atoms with Crippen molar-refractivity contribution in [3.8, 4) is 11.3 Å². The van der Waals surface area contributed by atoms with Crippen LogP contribution in [0.1, 0.15) is 37.4 Å². The minimum Gasteiger partial charge on any atom is -0.325 e. The molecule has 18 heavy (non-hydrogen) atoms. The summed E-state index contributed by atoms with van der Waals surface area (Å²) in [5.41, 5.74) is 10.2. The molecule has 2 N–H and O–H groups in total. The van der Waals surface area contributed by atoms with Crippen molar-refractivity contribution in [2.75, 3.05) is 0 Å². The first-order valence-electron chi connectivity index (χ1n) is 6.49. The smallest absolute Gasteiger partial charge is 0.0926 e. The number of hydrogen-bond acceptors (Lipinski definition) is 2. The zero-order chi connectivity index (χ0) is 13.1. The highest BCUT2D eigenvalue weighted by Crippen LogP contribution is 2.23. The number of nitrogens with zero attached hydrogens (tertiary/aromatic N) is 2. The van der Waals surface area contributed by atoms with E-state index in [0.29, 0.717) is 12.5 Å². The van der Waals surface area contributed by atoms with Gasteiger partial charge in [-0.1, -0.05) is 38.1 Å². The van der Waals surface area contributed by atoms with Gasteiger partial charge in [0.1, 0.15) is 0 Å². The van der Waals surface area contributed by atoms with E-state index in [1.54, 1.807) is 0 Å². The van der Waals surface area contributed by atoms with Crippen LogP contribution in [-0.4, -0.2) is 9.78 Å². The third kappa shape index (κ3) is 2.46. The van der Waals surface area contributed by atoms with E-state index >= 15 is 0 Å². The van der Waals surface area contributed by atoms with Gasteiger partial charge in [-0.15, -0.1) is 0 Å². The number of nitrogens with two attached hydrogens (primary N) is 1. The first-order chi connectivity index (χ1) is 8.65. The Kier molecular flexibility index (Phi) is 3.82. The monoisotopic (exact) mass is 243 g/mol. The van der Waals surface area contributed by atoms with Crippen molar-refractivity contribution >= 4 is 0 Å². The maximum absolute atomic E-state index is 5.66. The molecule has 0 saturated heterocycles. The van der Waals surface area contributed by atoms with E-state index < -0.39 is 0 Å². The molecule has 1 aromatic carbocycles. The van der Waals surface area contributed by atoms with E-state index in [-0.39, 0.29) is 0 Å². The summed E-state index contributed by atoms with van der Waals surface area (Å²) >= 11 is 0. The van der Waals surface area contributed by atoms with Crippen molar-refractivity contribution in [2.24, 2.45) is 12.8 Å². The summed E-state index contributed by atoms with van der Waals surface area (Å²) in [4.78, 5) is 0. The van der Waals surface area contributed by atoms with Crippen LogP contribution in [0.4, 0.5) is 0 Å². The summed E-state index contributed by atoms with van der Waals surface area (Å²) in [5.74, 6) is 0.613. The minimum atomic E-state index is 0.522. The van der Waals surface area contributed by atoms with Gasteiger partial charge in [0.05, 0.1) is 11.4 Å². The van der Waals surface area contributed by atoms with Crippen molar-refractivity contribution in [1.29, 1.82) is 0 Å². The van der Waals surface area contributed by atoms with Crippen molar-refractivity contribution in [3.63, 3.8) is 0 Å². The second kappa shape index (κ2) is 5.36. The van der Waals surface area contributed by atoms with E-state index in [1.165, 1.54) is 12.0 Å². The van der Waals surface area contributed by atoms with Gasteiger partial charge < -0.3 is 5.73 Å². The van der Waals surface area contributed by atoms with Crippen LogP contribution in [0.15, 0.2) is 30.3 Å². The summed E-state index contributed by atoms with van der Waals surface area (Å²) in [5, 5.41) is 4.48. The standard InChI is InChI=1S/C15H21N3/c1-4-11(2)12-5-7-13(8-6-12)15-9-14(10-16)18(3)17-15/h5-9,11H,4,10,16H2,1-3H3. The lowest BCUT2D eigenvalue weighted by Crippen LogP contribution is -2.03. The lowest BCUT2D eigenvalue weighted by atomic mass is 9.97. The highest BCUT2D eigenvalue weighted by molar-refractivity contribution is 5.59. The molecule has 0 fully saturated rings. The van der Waals surface area contributed by atoms with Crippen LogP contribution in [0.3, 0.4) is 0 Å². The minimum absolute atomic E-state index is 0.522. The van der Waals surface area contributed by atoms with Gasteiger partial charge in [0.15, 0.2) is 0 Å². The molecule has 96 valence electrons. The fourth-order valence-corrected chi connectivity index (χ4v) is 2.06. The first-order valence-corrected chi connectivity index (χ1v) is 6.49. The Morgan fingerprint density at radius 2 is 1.94 bits per heavy atom. The number of aromatic nitrogens is 2. The van der Waals surface area contributed by atoms with Gasteiger partial charge in [-0.05, 0) is 24.0 Å². The van der Waals surface area contributed by atoms with Gasteiger partial charge in [0.25, 0.3) is 0 Å². The average molecular weight is 243 g/mol. The molecule has 0 amide bonds.